The predicted octanol–water partition coefficient (Wildman–Crippen LogP) is 7.38. The van der Waals surface area contributed by atoms with E-state index in [0.717, 1.165) is 21.2 Å². The molecule has 0 spiro atoms. The number of rotatable bonds is 4. The van der Waals surface area contributed by atoms with E-state index in [2.05, 4.69) is 15.9 Å². The van der Waals surface area contributed by atoms with Gasteiger partial charge in [-0.25, -0.2) is 8.78 Å². The highest BCUT2D eigenvalue weighted by atomic mass is 79.9. The molecule has 0 aliphatic carbocycles. The zero-order chi connectivity index (χ0) is 18.5. The van der Waals surface area contributed by atoms with Crippen LogP contribution in [0, 0.1) is 18.6 Å². The molecule has 3 aromatic rings. The third-order valence-electron chi connectivity index (χ3n) is 3.97. The summed E-state index contributed by atoms with van der Waals surface area (Å²) in [7, 11) is 0. The quantitative estimate of drug-likeness (QED) is 0.393. The Hall–Kier alpha value is -2.52. The first-order valence-corrected chi connectivity index (χ1v) is 8.98. The standard InChI is InChI=1S/C23H17BrF2/c1-16-2-4-17(5-3-16)7-11-20-14-22(24)19(15-23(20)26)10-6-18-8-12-21(25)13-9-18/h2-15H,1H3/b10-6+,11-7+. The highest BCUT2D eigenvalue weighted by molar-refractivity contribution is 9.10. The van der Waals surface area contributed by atoms with Gasteiger partial charge in [0.15, 0.2) is 0 Å². The molecule has 0 nitrogen and oxygen atoms in total. The molecule has 0 bridgehead atoms. The summed E-state index contributed by atoms with van der Waals surface area (Å²) in [5.41, 5.74) is 4.29. The summed E-state index contributed by atoms with van der Waals surface area (Å²) < 4.78 is 28.2. The second-order valence-electron chi connectivity index (χ2n) is 6.02. The van der Waals surface area contributed by atoms with Crippen molar-refractivity contribution in [2.24, 2.45) is 0 Å². The fraction of sp³-hybridized carbons (Fsp3) is 0.0435. The van der Waals surface area contributed by atoms with E-state index < -0.39 is 0 Å². The minimum Gasteiger partial charge on any atom is -0.207 e. The Balaban J connectivity index is 1.81. The molecule has 0 aliphatic rings. The number of hydrogen-bond acceptors (Lipinski definition) is 0. The number of aryl methyl sites for hydroxylation is 1. The van der Waals surface area contributed by atoms with Gasteiger partial charge in [0.2, 0.25) is 0 Å². The molecule has 3 aromatic carbocycles. The van der Waals surface area contributed by atoms with Crippen LogP contribution < -0.4 is 0 Å². The van der Waals surface area contributed by atoms with Gasteiger partial charge in [0.1, 0.15) is 11.6 Å². The van der Waals surface area contributed by atoms with E-state index in [1.807, 2.05) is 43.3 Å². The number of halogens is 3. The van der Waals surface area contributed by atoms with E-state index in [4.69, 9.17) is 0 Å². The van der Waals surface area contributed by atoms with Crippen LogP contribution in [0.5, 0.6) is 0 Å². The van der Waals surface area contributed by atoms with Crippen molar-refractivity contribution >= 4 is 40.2 Å². The predicted molar refractivity (Wildman–Crippen MR) is 110 cm³/mol. The molecule has 0 N–H and O–H groups in total. The molecule has 3 rings (SSSR count). The third kappa shape index (κ3) is 4.77. The van der Waals surface area contributed by atoms with Crippen molar-refractivity contribution in [3.8, 4) is 0 Å². The van der Waals surface area contributed by atoms with E-state index in [1.165, 1.54) is 23.8 Å². The van der Waals surface area contributed by atoms with Crippen molar-refractivity contribution in [1.29, 1.82) is 0 Å². The van der Waals surface area contributed by atoms with E-state index in [0.29, 0.717) is 5.56 Å². The van der Waals surface area contributed by atoms with Crippen LogP contribution >= 0.6 is 15.9 Å². The number of hydrogen-bond donors (Lipinski definition) is 0. The van der Waals surface area contributed by atoms with Crippen LogP contribution in [0.2, 0.25) is 0 Å². The maximum Gasteiger partial charge on any atom is 0.131 e. The van der Waals surface area contributed by atoms with Crippen molar-refractivity contribution < 1.29 is 8.78 Å². The van der Waals surface area contributed by atoms with Gasteiger partial charge in [-0.1, -0.05) is 82.2 Å². The van der Waals surface area contributed by atoms with Gasteiger partial charge in [-0.05, 0) is 47.9 Å². The first-order chi connectivity index (χ1) is 12.5. The molecule has 0 heterocycles. The highest BCUT2D eigenvalue weighted by Crippen LogP contribution is 2.25. The molecule has 130 valence electrons. The second-order valence-corrected chi connectivity index (χ2v) is 6.88. The molecule has 0 atom stereocenters. The molecule has 0 saturated heterocycles. The van der Waals surface area contributed by atoms with E-state index in [9.17, 15) is 8.78 Å². The molecular formula is C23H17BrF2. The van der Waals surface area contributed by atoms with Crippen LogP contribution in [0.1, 0.15) is 27.8 Å². The maximum atomic E-state index is 14.4. The molecule has 0 unspecified atom stereocenters. The molecule has 0 radical (unpaired) electrons. The normalized spacial score (nSPS) is 11.5. The minimum atomic E-state index is -0.296. The molecule has 3 heteroatoms. The van der Waals surface area contributed by atoms with Gasteiger partial charge in [0.25, 0.3) is 0 Å². The summed E-state index contributed by atoms with van der Waals surface area (Å²) in [4.78, 5) is 0. The van der Waals surface area contributed by atoms with Crippen LogP contribution in [-0.4, -0.2) is 0 Å². The van der Waals surface area contributed by atoms with E-state index in [-0.39, 0.29) is 11.6 Å². The zero-order valence-electron chi connectivity index (χ0n) is 14.2. The summed E-state index contributed by atoms with van der Waals surface area (Å²) in [6.45, 7) is 2.03. The summed E-state index contributed by atoms with van der Waals surface area (Å²) in [6, 6.07) is 17.4. The van der Waals surface area contributed by atoms with Crippen molar-refractivity contribution in [2.45, 2.75) is 6.92 Å². The van der Waals surface area contributed by atoms with Crippen molar-refractivity contribution in [2.75, 3.05) is 0 Å². The lowest BCUT2D eigenvalue weighted by Crippen LogP contribution is -1.86. The molecule has 0 fully saturated rings. The van der Waals surface area contributed by atoms with Gasteiger partial charge >= 0.3 is 0 Å². The SMILES string of the molecule is Cc1ccc(/C=C/c2cc(Br)c(/C=C/c3ccc(F)cc3)cc2F)cc1. The smallest absolute Gasteiger partial charge is 0.131 e. The Morgan fingerprint density at radius 1 is 0.692 bits per heavy atom. The molecular weight excluding hydrogens is 394 g/mol. The Morgan fingerprint density at radius 3 is 1.85 bits per heavy atom. The van der Waals surface area contributed by atoms with Crippen LogP contribution in [0.25, 0.3) is 24.3 Å². The second kappa shape index (κ2) is 8.24. The summed E-state index contributed by atoms with van der Waals surface area (Å²) in [5.74, 6) is -0.575. The van der Waals surface area contributed by atoms with Gasteiger partial charge in [-0.15, -0.1) is 0 Å². The zero-order valence-corrected chi connectivity index (χ0v) is 15.8. The Labute approximate surface area is 160 Å². The summed E-state index contributed by atoms with van der Waals surface area (Å²) in [6.07, 6.45) is 7.27. The Bertz CT molecular complexity index is 871. The molecule has 0 aliphatic heterocycles. The lowest BCUT2D eigenvalue weighted by Gasteiger charge is -2.04. The first kappa shape index (κ1) is 18.3. The largest absolute Gasteiger partial charge is 0.207 e. The lowest BCUT2D eigenvalue weighted by molar-refractivity contribution is 0.624. The Morgan fingerprint density at radius 2 is 1.23 bits per heavy atom. The topological polar surface area (TPSA) is 0 Å². The fourth-order valence-electron chi connectivity index (χ4n) is 2.46. The van der Waals surface area contributed by atoms with Crippen LogP contribution in [0.4, 0.5) is 8.78 Å². The van der Waals surface area contributed by atoms with Crippen LogP contribution in [0.3, 0.4) is 0 Å². The van der Waals surface area contributed by atoms with Gasteiger partial charge in [-0.2, -0.15) is 0 Å². The van der Waals surface area contributed by atoms with Gasteiger partial charge in [-0.3, -0.25) is 0 Å². The van der Waals surface area contributed by atoms with Crippen molar-refractivity contribution in [3.05, 3.63) is 105 Å². The number of benzene rings is 3. The van der Waals surface area contributed by atoms with Gasteiger partial charge < -0.3 is 0 Å². The van der Waals surface area contributed by atoms with Crippen molar-refractivity contribution in [1.82, 2.24) is 0 Å². The van der Waals surface area contributed by atoms with Gasteiger partial charge in [0.05, 0.1) is 0 Å². The third-order valence-corrected chi connectivity index (χ3v) is 4.66. The summed E-state index contributed by atoms with van der Waals surface area (Å²) in [5, 5.41) is 0. The molecule has 0 amide bonds. The van der Waals surface area contributed by atoms with Gasteiger partial charge in [0, 0.05) is 10.0 Å². The Kier molecular flexibility index (Phi) is 5.79. The molecule has 0 aromatic heterocycles. The summed E-state index contributed by atoms with van der Waals surface area (Å²) >= 11 is 3.49. The van der Waals surface area contributed by atoms with Crippen LogP contribution in [0.15, 0.2) is 65.1 Å². The van der Waals surface area contributed by atoms with E-state index in [1.54, 1.807) is 30.4 Å². The monoisotopic (exact) mass is 410 g/mol. The lowest BCUT2D eigenvalue weighted by atomic mass is 10.1. The molecule has 0 saturated carbocycles. The van der Waals surface area contributed by atoms with Crippen molar-refractivity contribution in [3.63, 3.8) is 0 Å². The maximum absolute atomic E-state index is 14.4. The van der Waals surface area contributed by atoms with E-state index >= 15 is 0 Å². The molecule has 26 heavy (non-hydrogen) atoms. The fourth-order valence-corrected chi connectivity index (χ4v) is 2.95. The average Bonchev–Trinajstić information content (AvgIpc) is 2.63. The average molecular weight is 411 g/mol. The first-order valence-electron chi connectivity index (χ1n) is 8.19. The highest BCUT2D eigenvalue weighted by Gasteiger charge is 2.05. The van der Waals surface area contributed by atoms with Crippen LogP contribution in [-0.2, 0) is 0 Å². The minimum absolute atomic E-state index is 0.279.